The van der Waals surface area contributed by atoms with Gasteiger partial charge >= 0.3 is 0 Å². The van der Waals surface area contributed by atoms with Crippen LogP contribution in [0.25, 0.3) is 6.08 Å². The average molecular weight is 250 g/mol. The van der Waals surface area contributed by atoms with Gasteiger partial charge in [0.1, 0.15) is 0 Å². The first kappa shape index (κ1) is 13.2. The number of hydrogen-bond acceptors (Lipinski definition) is 1. The number of nitrogens with zero attached hydrogens (tertiary/aromatic N) is 2. The van der Waals surface area contributed by atoms with Gasteiger partial charge in [-0.05, 0) is 50.1 Å². The minimum atomic E-state index is 0.714. The summed E-state index contributed by atoms with van der Waals surface area (Å²) in [4.78, 5) is 0. The lowest BCUT2D eigenvalue weighted by molar-refractivity contribution is 0.765. The molecule has 0 aliphatic carbocycles. The molecule has 2 rings (SSSR count). The van der Waals surface area contributed by atoms with Crippen LogP contribution < -0.4 is 0 Å². The third-order valence-corrected chi connectivity index (χ3v) is 3.45. The number of rotatable bonds is 3. The summed E-state index contributed by atoms with van der Waals surface area (Å²) in [6.45, 7) is 10.8. The second-order valence-corrected chi connectivity index (χ2v) is 4.92. The summed E-state index contributed by atoms with van der Waals surface area (Å²) in [6, 6.07) is 10.4. The van der Waals surface area contributed by atoms with Gasteiger partial charge in [0.05, 0.1) is 11.6 Å². The Hall–Kier alpha value is -2.27. The van der Waals surface area contributed by atoms with Crippen molar-refractivity contribution in [2.75, 3.05) is 0 Å². The maximum absolute atomic E-state index is 9.21. The van der Waals surface area contributed by atoms with Crippen LogP contribution in [0.5, 0.6) is 0 Å². The highest BCUT2D eigenvalue weighted by Crippen LogP contribution is 2.20. The van der Waals surface area contributed by atoms with E-state index in [-0.39, 0.29) is 0 Å². The zero-order valence-corrected chi connectivity index (χ0v) is 11.7. The van der Waals surface area contributed by atoms with Gasteiger partial charge in [0.2, 0.25) is 0 Å². The number of aryl methyl sites for hydroxylation is 3. The monoisotopic (exact) mass is 250 g/mol. The van der Waals surface area contributed by atoms with Crippen LogP contribution in [0.3, 0.4) is 0 Å². The third kappa shape index (κ3) is 2.46. The highest BCUT2D eigenvalue weighted by atomic mass is 15.0. The number of aromatic nitrogens is 1. The van der Waals surface area contributed by atoms with Crippen LogP contribution in [0.2, 0.25) is 0 Å². The molecule has 2 aromatic rings. The van der Waals surface area contributed by atoms with Crippen molar-refractivity contribution in [2.45, 2.75) is 27.3 Å². The van der Waals surface area contributed by atoms with Crippen molar-refractivity contribution < 1.29 is 0 Å². The van der Waals surface area contributed by atoms with Crippen LogP contribution in [-0.2, 0) is 6.54 Å². The second kappa shape index (κ2) is 5.16. The predicted octanol–water partition coefficient (Wildman–Crippen LogP) is 3.98. The van der Waals surface area contributed by atoms with Crippen LogP contribution in [0.4, 0.5) is 0 Å². The number of nitriles is 1. The summed E-state index contributed by atoms with van der Waals surface area (Å²) in [6.07, 6.45) is 1.88. The fourth-order valence-corrected chi connectivity index (χ4v) is 2.48. The Morgan fingerprint density at radius 2 is 2.00 bits per heavy atom. The Bertz CT molecular complexity index is 669. The molecule has 0 spiro atoms. The molecule has 2 heteroatoms. The lowest BCUT2D eigenvalue weighted by Crippen LogP contribution is -2.06. The fraction of sp³-hybridized carbons (Fsp3) is 0.235. The van der Waals surface area contributed by atoms with Gasteiger partial charge in [-0.1, -0.05) is 24.3 Å². The number of hydrogen-bond donors (Lipinski definition) is 0. The summed E-state index contributed by atoms with van der Waals surface area (Å²) in [5.41, 5.74) is 6.52. The molecule has 0 saturated carbocycles. The molecular weight excluding hydrogens is 232 g/mol. The molecule has 19 heavy (non-hydrogen) atoms. The first-order valence-electron chi connectivity index (χ1n) is 6.35. The van der Waals surface area contributed by atoms with Crippen molar-refractivity contribution in [3.05, 3.63) is 64.5 Å². The Morgan fingerprint density at radius 3 is 2.63 bits per heavy atom. The molecule has 0 saturated heterocycles. The highest BCUT2D eigenvalue weighted by molar-refractivity contribution is 5.50. The fourth-order valence-electron chi connectivity index (χ4n) is 2.48. The molecule has 0 radical (unpaired) electrons. The SMILES string of the molecule is C=Cc1c(C)cc(C)n1Cc1cc(C)ccc1C#N. The van der Waals surface area contributed by atoms with Gasteiger partial charge in [-0.25, -0.2) is 0 Å². The molecule has 0 aliphatic heterocycles. The first-order chi connectivity index (χ1) is 9.06. The van der Waals surface area contributed by atoms with E-state index in [9.17, 15) is 5.26 Å². The summed E-state index contributed by atoms with van der Waals surface area (Å²) in [5, 5.41) is 9.21. The maximum Gasteiger partial charge on any atom is 0.0995 e. The van der Waals surface area contributed by atoms with E-state index in [1.807, 2.05) is 25.1 Å². The van der Waals surface area contributed by atoms with Crippen LogP contribution in [0.15, 0.2) is 30.8 Å². The smallest absolute Gasteiger partial charge is 0.0995 e. The maximum atomic E-state index is 9.21. The summed E-state index contributed by atoms with van der Waals surface area (Å²) < 4.78 is 2.21. The number of benzene rings is 1. The van der Waals surface area contributed by atoms with Crippen LogP contribution in [0.1, 0.15) is 33.6 Å². The molecule has 0 amide bonds. The Kier molecular flexibility index (Phi) is 3.57. The normalized spacial score (nSPS) is 10.2. The highest BCUT2D eigenvalue weighted by Gasteiger charge is 2.10. The zero-order valence-electron chi connectivity index (χ0n) is 11.7. The summed E-state index contributed by atoms with van der Waals surface area (Å²) in [5.74, 6) is 0. The van der Waals surface area contributed by atoms with Gasteiger partial charge in [0.15, 0.2) is 0 Å². The molecule has 2 nitrogen and oxygen atoms in total. The molecule has 1 aromatic carbocycles. The summed E-state index contributed by atoms with van der Waals surface area (Å²) >= 11 is 0. The molecule has 0 unspecified atom stereocenters. The standard InChI is InChI=1S/C17H18N2/c1-5-17-13(3)9-14(4)19(17)11-16-8-12(2)6-7-15(16)10-18/h5-9H,1,11H2,2-4H3. The molecule has 1 aromatic heterocycles. The van der Waals surface area contributed by atoms with Gasteiger partial charge in [-0.15, -0.1) is 0 Å². The molecule has 0 atom stereocenters. The minimum Gasteiger partial charge on any atom is -0.341 e. The van der Waals surface area contributed by atoms with E-state index < -0.39 is 0 Å². The van der Waals surface area contributed by atoms with Gasteiger partial charge in [-0.3, -0.25) is 0 Å². The Labute approximate surface area is 114 Å². The predicted molar refractivity (Wildman–Crippen MR) is 79.0 cm³/mol. The van der Waals surface area contributed by atoms with E-state index in [2.05, 4.69) is 43.2 Å². The van der Waals surface area contributed by atoms with Crippen molar-refractivity contribution in [3.63, 3.8) is 0 Å². The van der Waals surface area contributed by atoms with E-state index in [4.69, 9.17) is 0 Å². The van der Waals surface area contributed by atoms with E-state index in [0.717, 1.165) is 16.8 Å². The molecule has 0 fully saturated rings. The molecule has 1 heterocycles. The molecule has 0 aliphatic rings. The summed E-state index contributed by atoms with van der Waals surface area (Å²) in [7, 11) is 0. The van der Waals surface area contributed by atoms with E-state index >= 15 is 0 Å². The topological polar surface area (TPSA) is 28.7 Å². The van der Waals surface area contributed by atoms with E-state index in [0.29, 0.717) is 6.54 Å². The van der Waals surface area contributed by atoms with Crippen molar-refractivity contribution >= 4 is 6.08 Å². The van der Waals surface area contributed by atoms with E-state index in [1.54, 1.807) is 0 Å². The van der Waals surface area contributed by atoms with Crippen molar-refractivity contribution in [1.82, 2.24) is 4.57 Å². The van der Waals surface area contributed by atoms with Gasteiger partial charge in [0, 0.05) is 17.9 Å². The minimum absolute atomic E-state index is 0.714. The second-order valence-electron chi connectivity index (χ2n) is 4.92. The third-order valence-electron chi connectivity index (χ3n) is 3.45. The molecule has 0 N–H and O–H groups in total. The quantitative estimate of drug-likeness (QED) is 0.810. The lowest BCUT2D eigenvalue weighted by atomic mass is 10.1. The Morgan fingerprint density at radius 1 is 1.26 bits per heavy atom. The molecular formula is C17H18N2. The van der Waals surface area contributed by atoms with E-state index in [1.165, 1.54) is 16.8 Å². The molecule has 0 bridgehead atoms. The largest absolute Gasteiger partial charge is 0.341 e. The molecule has 96 valence electrons. The van der Waals surface area contributed by atoms with Crippen molar-refractivity contribution in [3.8, 4) is 6.07 Å². The first-order valence-corrected chi connectivity index (χ1v) is 6.35. The van der Waals surface area contributed by atoms with Gasteiger partial charge in [-0.2, -0.15) is 5.26 Å². The van der Waals surface area contributed by atoms with Gasteiger partial charge in [0.25, 0.3) is 0 Å². The van der Waals surface area contributed by atoms with Crippen LogP contribution >= 0.6 is 0 Å². The van der Waals surface area contributed by atoms with Gasteiger partial charge < -0.3 is 4.57 Å². The average Bonchev–Trinajstić information content (AvgIpc) is 2.64. The lowest BCUT2D eigenvalue weighted by Gasteiger charge is -2.12. The van der Waals surface area contributed by atoms with Crippen LogP contribution in [0, 0.1) is 32.1 Å². The van der Waals surface area contributed by atoms with Crippen molar-refractivity contribution in [1.29, 1.82) is 5.26 Å². The van der Waals surface area contributed by atoms with Crippen molar-refractivity contribution in [2.24, 2.45) is 0 Å². The zero-order chi connectivity index (χ0) is 14.0. The van der Waals surface area contributed by atoms with Crippen LogP contribution in [-0.4, -0.2) is 4.57 Å². The Balaban J connectivity index is 2.50.